The average molecular weight is 395 g/mol. The highest BCUT2D eigenvalue weighted by Crippen LogP contribution is 2.82. The normalized spacial score (nSPS) is 41.0. The third-order valence-electron chi connectivity index (χ3n) is 7.63. The SMILES string of the molecule is CC(C)(C)C1=C[C@]2(C(C)(C)C)[C@H](C1=O)[C@@]21O[C@]2(c3ccccc3)CCC(=O)[C@H]1O2. The summed E-state index contributed by atoms with van der Waals surface area (Å²) >= 11 is 0. The van der Waals surface area contributed by atoms with Gasteiger partial charge in [0, 0.05) is 23.8 Å². The summed E-state index contributed by atoms with van der Waals surface area (Å²) in [6.45, 7) is 12.7. The van der Waals surface area contributed by atoms with E-state index in [0.717, 1.165) is 11.1 Å². The highest BCUT2D eigenvalue weighted by molar-refractivity contribution is 6.08. The van der Waals surface area contributed by atoms with Gasteiger partial charge >= 0.3 is 0 Å². The molecule has 0 radical (unpaired) electrons. The van der Waals surface area contributed by atoms with E-state index in [4.69, 9.17) is 9.47 Å². The van der Waals surface area contributed by atoms with Gasteiger partial charge in [-0.2, -0.15) is 0 Å². The van der Waals surface area contributed by atoms with Crippen molar-refractivity contribution in [1.82, 2.24) is 0 Å². The first-order valence-electron chi connectivity index (χ1n) is 10.6. The summed E-state index contributed by atoms with van der Waals surface area (Å²) in [6, 6.07) is 9.87. The van der Waals surface area contributed by atoms with Gasteiger partial charge in [0.2, 0.25) is 0 Å². The Kier molecular flexibility index (Phi) is 3.49. The first-order chi connectivity index (χ1) is 13.4. The standard InChI is InChI=1S/C25H30O4/c1-21(2,3)16-14-23(22(4,5)6)19(18(16)27)25(23)20-17(26)12-13-24(28-20,29-25)15-10-8-7-9-11-15/h7-11,14,19-20H,12-13H2,1-6H3/t19-,20+,23+,24-,25-/m0/s1. The molecule has 0 aromatic heterocycles. The molecule has 3 fully saturated rings. The number of ketones is 2. The number of Topliss-reactive ketones (excluding diaryl/α,β-unsaturated/α-hetero) is 2. The fourth-order valence-electron chi connectivity index (χ4n) is 6.30. The van der Waals surface area contributed by atoms with Gasteiger partial charge in [-0.05, 0) is 16.4 Å². The number of rotatable bonds is 1. The van der Waals surface area contributed by atoms with Crippen LogP contribution < -0.4 is 0 Å². The summed E-state index contributed by atoms with van der Waals surface area (Å²) in [5.41, 5.74) is -0.134. The van der Waals surface area contributed by atoms with Crippen molar-refractivity contribution >= 4 is 11.6 Å². The van der Waals surface area contributed by atoms with Crippen LogP contribution in [0, 0.1) is 22.2 Å². The molecule has 4 nitrogen and oxygen atoms in total. The summed E-state index contributed by atoms with van der Waals surface area (Å²) in [4.78, 5) is 26.7. The topological polar surface area (TPSA) is 52.6 Å². The van der Waals surface area contributed by atoms with Crippen LogP contribution in [0.5, 0.6) is 0 Å². The molecule has 0 unspecified atom stereocenters. The molecule has 2 aliphatic carbocycles. The first-order valence-corrected chi connectivity index (χ1v) is 10.6. The van der Waals surface area contributed by atoms with Crippen molar-refractivity contribution in [2.45, 2.75) is 71.9 Å². The Morgan fingerprint density at radius 2 is 1.66 bits per heavy atom. The highest BCUT2D eigenvalue weighted by Gasteiger charge is 2.92. The molecule has 1 aromatic carbocycles. The molecule has 2 heterocycles. The van der Waals surface area contributed by atoms with Crippen LogP contribution in [0.3, 0.4) is 0 Å². The van der Waals surface area contributed by atoms with Crippen molar-refractivity contribution in [3.8, 4) is 0 Å². The van der Waals surface area contributed by atoms with E-state index in [9.17, 15) is 9.59 Å². The summed E-state index contributed by atoms with van der Waals surface area (Å²) in [7, 11) is 0. The van der Waals surface area contributed by atoms with Crippen molar-refractivity contribution in [1.29, 1.82) is 0 Å². The smallest absolute Gasteiger partial charge is 0.197 e. The van der Waals surface area contributed by atoms with E-state index in [-0.39, 0.29) is 28.3 Å². The quantitative estimate of drug-likeness (QED) is 0.700. The fraction of sp³-hybridized carbons (Fsp3) is 0.600. The van der Waals surface area contributed by atoms with Gasteiger partial charge in [-0.15, -0.1) is 0 Å². The number of carbonyl (C=O) groups excluding carboxylic acids is 2. The Labute approximate surface area is 172 Å². The van der Waals surface area contributed by atoms with E-state index in [2.05, 4.69) is 47.6 Å². The van der Waals surface area contributed by atoms with E-state index in [1.807, 2.05) is 30.3 Å². The first kappa shape index (κ1) is 19.2. The monoisotopic (exact) mass is 394 g/mol. The number of allylic oxidation sites excluding steroid dienone is 1. The van der Waals surface area contributed by atoms with Crippen LogP contribution in [0.25, 0.3) is 0 Å². The van der Waals surface area contributed by atoms with E-state index in [0.29, 0.717) is 12.8 Å². The maximum atomic E-state index is 13.6. The Morgan fingerprint density at radius 1 is 1.00 bits per heavy atom. The minimum atomic E-state index is -0.946. The van der Waals surface area contributed by atoms with Crippen LogP contribution in [0.4, 0.5) is 0 Å². The Bertz CT molecular complexity index is 947. The second-order valence-corrected chi connectivity index (χ2v) is 11.2. The van der Waals surface area contributed by atoms with Gasteiger partial charge in [0.05, 0.1) is 5.92 Å². The van der Waals surface area contributed by atoms with Crippen molar-refractivity contribution in [2.24, 2.45) is 22.2 Å². The van der Waals surface area contributed by atoms with E-state index in [1.54, 1.807) is 0 Å². The molecule has 4 heteroatoms. The molecule has 29 heavy (non-hydrogen) atoms. The Morgan fingerprint density at radius 3 is 2.21 bits per heavy atom. The van der Waals surface area contributed by atoms with Crippen LogP contribution in [0.2, 0.25) is 0 Å². The van der Waals surface area contributed by atoms with Crippen LogP contribution in [0.1, 0.15) is 59.9 Å². The van der Waals surface area contributed by atoms with Crippen molar-refractivity contribution in [2.75, 3.05) is 0 Å². The van der Waals surface area contributed by atoms with Gasteiger partial charge in [-0.1, -0.05) is 78.0 Å². The molecule has 4 aliphatic rings. The molecule has 154 valence electrons. The minimum Gasteiger partial charge on any atom is -0.334 e. The predicted octanol–water partition coefficient (Wildman–Crippen LogP) is 4.57. The van der Waals surface area contributed by atoms with Crippen LogP contribution in [-0.2, 0) is 24.8 Å². The molecule has 1 aromatic rings. The number of hydrogen-bond acceptors (Lipinski definition) is 4. The van der Waals surface area contributed by atoms with Crippen molar-refractivity contribution in [3.05, 3.63) is 47.5 Å². The lowest BCUT2D eigenvalue weighted by Crippen LogP contribution is -2.43. The number of ether oxygens (including phenoxy) is 2. The van der Waals surface area contributed by atoms with Gasteiger partial charge in [0.1, 0.15) is 5.60 Å². The number of fused-ring (bicyclic) bond motifs is 6. The lowest BCUT2D eigenvalue weighted by Gasteiger charge is -2.34. The number of carbonyl (C=O) groups is 2. The van der Waals surface area contributed by atoms with Crippen LogP contribution >= 0.6 is 0 Å². The Hall–Kier alpha value is -1.78. The average Bonchev–Trinajstić information content (AvgIpc) is 2.89. The number of hydrogen-bond donors (Lipinski definition) is 0. The third-order valence-corrected chi connectivity index (χ3v) is 7.63. The zero-order chi connectivity index (χ0) is 21.0. The summed E-state index contributed by atoms with van der Waals surface area (Å²) in [6.07, 6.45) is 2.36. The predicted molar refractivity (Wildman–Crippen MR) is 109 cm³/mol. The lowest BCUT2D eigenvalue weighted by molar-refractivity contribution is -0.207. The zero-order valence-corrected chi connectivity index (χ0v) is 18.2. The molecule has 5 atom stereocenters. The second kappa shape index (κ2) is 5.28. The summed E-state index contributed by atoms with van der Waals surface area (Å²) in [5.74, 6) is -1.12. The maximum Gasteiger partial charge on any atom is 0.197 e. The molecule has 5 rings (SSSR count). The van der Waals surface area contributed by atoms with Gasteiger partial charge in [0.25, 0.3) is 0 Å². The van der Waals surface area contributed by atoms with E-state index in [1.165, 1.54) is 0 Å². The number of benzene rings is 1. The molecular weight excluding hydrogens is 364 g/mol. The van der Waals surface area contributed by atoms with Crippen LogP contribution in [-0.4, -0.2) is 23.3 Å². The van der Waals surface area contributed by atoms with Crippen LogP contribution in [0.15, 0.2) is 42.0 Å². The summed E-state index contributed by atoms with van der Waals surface area (Å²) < 4.78 is 13.3. The van der Waals surface area contributed by atoms with Gasteiger partial charge in [0.15, 0.2) is 23.5 Å². The molecule has 2 aliphatic heterocycles. The molecule has 2 saturated heterocycles. The Balaban J connectivity index is 1.69. The van der Waals surface area contributed by atoms with Gasteiger partial charge in [-0.3, -0.25) is 9.59 Å². The van der Waals surface area contributed by atoms with Gasteiger partial charge in [-0.25, -0.2) is 0 Å². The molecule has 1 saturated carbocycles. The maximum absolute atomic E-state index is 13.6. The molecular formula is C25H30O4. The minimum absolute atomic E-state index is 0.0607. The van der Waals surface area contributed by atoms with Crippen molar-refractivity contribution < 1.29 is 19.1 Å². The molecule has 1 spiro atoms. The largest absolute Gasteiger partial charge is 0.334 e. The third kappa shape index (κ3) is 2.07. The fourth-order valence-corrected chi connectivity index (χ4v) is 6.30. The van der Waals surface area contributed by atoms with Gasteiger partial charge < -0.3 is 9.47 Å². The molecule has 2 bridgehead atoms. The zero-order valence-electron chi connectivity index (χ0n) is 18.2. The summed E-state index contributed by atoms with van der Waals surface area (Å²) in [5, 5.41) is 0. The second-order valence-electron chi connectivity index (χ2n) is 11.2. The van der Waals surface area contributed by atoms with E-state index < -0.39 is 22.9 Å². The molecule has 0 N–H and O–H groups in total. The highest BCUT2D eigenvalue weighted by atomic mass is 16.8. The van der Waals surface area contributed by atoms with E-state index >= 15 is 0 Å². The molecule has 0 amide bonds. The lowest BCUT2D eigenvalue weighted by atomic mass is 9.72. The van der Waals surface area contributed by atoms with Crippen molar-refractivity contribution in [3.63, 3.8) is 0 Å².